The molecule has 0 spiro atoms. The van der Waals surface area contributed by atoms with Gasteiger partial charge in [-0.25, -0.2) is 13.1 Å². The lowest BCUT2D eigenvalue weighted by molar-refractivity contribution is 0.102. The zero-order valence-corrected chi connectivity index (χ0v) is 15.5. The molecule has 2 aromatic carbocycles. The molecule has 2 N–H and O–H groups in total. The normalized spacial score (nSPS) is 11.2. The molecule has 0 aliphatic heterocycles. The number of anilines is 1. The van der Waals surface area contributed by atoms with E-state index in [2.05, 4.69) is 10.0 Å². The van der Waals surface area contributed by atoms with Gasteiger partial charge in [0.25, 0.3) is 5.91 Å². The molecule has 26 heavy (non-hydrogen) atoms. The Morgan fingerprint density at radius 2 is 1.69 bits per heavy atom. The van der Waals surface area contributed by atoms with Crippen molar-refractivity contribution >= 4 is 21.6 Å². The van der Waals surface area contributed by atoms with Crippen LogP contribution in [-0.2, 0) is 14.8 Å². The van der Waals surface area contributed by atoms with E-state index < -0.39 is 10.0 Å². The molecule has 8 heteroatoms. The number of carbonyl (C=O) groups excluding carboxylic acids is 1. The van der Waals surface area contributed by atoms with Gasteiger partial charge >= 0.3 is 0 Å². The number of rotatable bonds is 9. The van der Waals surface area contributed by atoms with Crippen LogP contribution in [0.3, 0.4) is 0 Å². The SMILES string of the molecule is CCOc1ccc(NC(=O)c2ccc(S(=O)(=O)NCCOC)cc2)cc1. The standard InChI is InChI=1S/C18H22N2O5S/c1-3-25-16-8-6-15(7-9-16)20-18(21)14-4-10-17(11-5-14)26(22,23)19-12-13-24-2/h4-11,19H,3,12-13H2,1-2H3,(H,20,21). The molecule has 0 bridgehead atoms. The number of hydrogen-bond acceptors (Lipinski definition) is 5. The van der Waals surface area contributed by atoms with Crippen molar-refractivity contribution in [2.24, 2.45) is 0 Å². The van der Waals surface area contributed by atoms with Gasteiger partial charge in [-0.15, -0.1) is 0 Å². The summed E-state index contributed by atoms with van der Waals surface area (Å²) in [6, 6.07) is 12.7. The van der Waals surface area contributed by atoms with Gasteiger partial charge in [-0.1, -0.05) is 0 Å². The molecule has 0 aliphatic carbocycles. The molecule has 0 radical (unpaired) electrons. The molecule has 2 rings (SSSR count). The Kier molecular flexibility index (Phi) is 7.14. The first-order valence-corrected chi connectivity index (χ1v) is 9.57. The van der Waals surface area contributed by atoms with Crippen LogP contribution in [0, 0.1) is 0 Å². The van der Waals surface area contributed by atoms with E-state index in [9.17, 15) is 13.2 Å². The van der Waals surface area contributed by atoms with Crippen LogP contribution in [0.15, 0.2) is 53.4 Å². The third-order valence-corrected chi connectivity index (χ3v) is 4.93. The van der Waals surface area contributed by atoms with Crippen molar-refractivity contribution in [1.29, 1.82) is 0 Å². The third-order valence-electron chi connectivity index (χ3n) is 3.45. The molecule has 0 heterocycles. The second-order valence-corrected chi connectivity index (χ2v) is 7.09. The second-order valence-electron chi connectivity index (χ2n) is 5.33. The molecule has 0 aromatic heterocycles. The lowest BCUT2D eigenvalue weighted by Crippen LogP contribution is -2.27. The molecule has 0 unspecified atom stereocenters. The number of sulfonamides is 1. The number of carbonyl (C=O) groups is 1. The van der Waals surface area contributed by atoms with E-state index in [-0.39, 0.29) is 24.0 Å². The van der Waals surface area contributed by atoms with E-state index in [1.807, 2.05) is 6.92 Å². The minimum Gasteiger partial charge on any atom is -0.494 e. The predicted octanol–water partition coefficient (Wildman–Crippen LogP) is 2.26. The van der Waals surface area contributed by atoms with E-state index in [1.54, 1.807) is 24.3 Å². The van der Waals surface area contributed by atoms with Gasteiger partial charge in [0, 0.05) is 24.9 Å². The van der Waals surface area contributed by atoms with E-state index in [0.717, 1.165) is 5.75 Å². The number of ether oxygens (including phenoxy) is 2. The second kappa shape index (κ2) is 9.33. The molecule has 0 saturated heterocycles. The number of benzene rings is 2. The zero-order valence-electron chi connectivity index (χ0n) is 14.7. The summed E-state index contributed by atoms with van der Waals surface area (Å²) in [5.41, 5.74) is 0.978. The largest absolute Gasteiger partial charge is 0.494 e. The highest BCUT2D eigenvalue weighted by Crippen LogP contribution is 2.17. The molecule has 1 amide bonds. The Morgan fingerprint density at radius 3 is 2.27 bits per heavy atom. The fourth-order valence-electron chi connectivity index (χ4n) is 2.15. The Hall–Kier alpha value is -2.42. The molecule has 0 saturated carbocycles. The van der Waals surface area contributed by atoms with Gasteiger partial charge in [-0.05, 0) is 55.5 Å². The summed E-state index contributed by atoms with van der Waals surface area (Å²) in [7, 11) is -2.13. The molecule has 0 atom stereocenters. The average Bonchev–Trinajstić information content (AvgIpc) is 2.64. The maximum atomic E-state index is 12.3. The maximum Gasteiger partial charge on any atom is 0.255 e. The number of amides is 1. The summed E-state index contributed by atoms with van der Waals surface area (Å²) < 4.78 is 36.7. The summed E-state index contributed by atoms with van der Waals surface area (Å²) >= 11 is 0. The predicted molar refractivity (Wildman–Crippen MR) is 99.1 cm³/mol. The summed E-state index contributed by atoms with van der Waals surface area (Å²) in [5, 5.41) is 2.75. The molecule has 0 aliphatic rings. The van der Waals surface area contributed by atoms with Crippen molar-refractivity contribution in [2.45, 2.75) is 11.8 Å². The Labute approximate surface area is 153 Å². The fourth-order valence-corrected chi connectivity index (χ4v) is 3.16. The van der Waals surface area contributed by atoms with Crippen LogP contribution in [0.4, 0.5) is 5.69 Å². The molecular weight excluding hydrogens is 356 g/mol. The Balaban J connectivity index is 2.01. The average molecular weight is 378 g/mol. The van der Waals surface area contributed by atoms with E-state index >= 15 is 0 Å². The molecule has 140 valence electrons. The van der Waals surface area contributed by atoms with Crippen LogP contribution >= 0.6 is 0 Å². The van der Waals surface area contributed by atoms with Gasteiger partial charge in [0.15, 0.2) is 0 Å². The summed E-state index contributed by atoms with van der Waals surface area (Å²) in [6.07, 6.45) is 0. The summed E-state index contributed by atoms with van der Waals surface area (Å²) in [6.45, 7) is 2.93. The quantitative estimate of drug-likeness (QED) is 0.653. The highest BCUT2D eigenvalue weighted by Gasteiger charge is 2.14. The van der Waals surface area contributed by atoms with Crippen molar-refractivity contribution in [3.63, 3.8) is 0 Å². The first kappa shape index (κ1) is 19.9. The Morgan fingerprint density at radius 1 is 1.04 bits per heavy atom. The highest BCUT2D eigenvalue weighted by molar-refractivity contribution is 7.89. The van der Waals surface area contributed by atoms with Crippen LogP contribution in [0.5, 0.6) is 5.75 Å². The topological polar surface area (TPSA) is 93.7 Å². The lowest BCUT2D eigenvalue weighted by atomic mass is 10.2. The first-order chi connectivity index (χ1) is 12.5. The van der Waals surface area contributed by atoms with E-state index in [4.69, 9.17) is 9.47 Å². The van der Waals surface area contributed by atoms with Crippen LogP contribution in [0.1, 0.15) is 17.3 Å². The minimum absolute atomic E-state index is 0.0891. The number of methoxy groups -OCH3 is 1. The molecular formula is C18H22N2O5S. The van der Waals surface area contributed by atoms with Crippen LogP contribution in [0.2, 0.25) is 0 Å². The van der Waals surface area contributed by atoms with E-state index in [0.29, 0.717) is 17.9 Å². The molecule has 0 fully saturated rings. The summed E-state index contributed by atoms with van der Waals surface area (Å²) in [4.78, 5) is 12.4. The van der Waals surface area contributed by atoms with Crippen LogP contribution < -0.4 is 14.8 Å². The monoisotopic (exact) mass is 378 g/mol. The van der Waals surface area contributed by atoms with Gasteiger partial charge in [0.05, 0.1) is 18.1 Å². The number of nitrogens with one attached hydrogen (secondary N) is 2. The van der Waals surface area contributed by atoms with Crippen LogP contribution in [0.25, 0.3) is 0 Å². The fraction of sp³-hybridized carbons (Fsp3) is 0.278. The van der Waals surface area contributed by atoms with Gasteiger partial charge in [-0.3, -0.25) is 4.79 Å². The smallest absolute Gasteiger partial charge is 0.255 e. The van der Waals surface area contributed by atoms with Crippen molar-refractivity contribution < 1.29 is 22.7 Å². The van der Waals surface area contributed by atoms with Crippen molar-refractivity contribution in [1.82, 2.24) is 4.72 Å². The molecule has 2 aromatic rings. The van der Waals surface area contributed by atoms with Crippen LogP contribution in [-0.4, -0.2) is 41.2 Å². The van der Waals surface area contributed by atoms with Gasteiger partial charge < -0.3 is 14.8 Å². The zero-order chi connectivity index (χ0) is 19.0. The van der Waals surface area contributed by atoms with Gasteiger partial charge in [0.2, 0.25) is 10.0 Å². The van der Waals surface area contributed by atoms with Crippen molar-refractivity contribution in [2.75, 3.05) is 32.2 Å². The first-order valence-electron chi connectivity index (χ1n) is 8.09. The lowest BCUT2D eigenvalue weighted by Gasteiger charge is -2.09. The maximum absolute atomic E-state index is 12.3. The van der Waals surface area contributed by atoms with Crippen molar-refractivity contribution in [3.8, 4) is 5.75 Å². The van der Waals surface area contributed by atoms with Gasteiger partial charge in [-0.2, -0.15) is 0 Å². The third kappa shape index (κ3) is 5.55. The highest BCUT2D eigenvalue weighted by atomic mass is 32.2. The van der Waals surface area contributed by atoms with Crippen molar-refractivity contribution in [3.05, 3.63) is 54.1 Å². The van der Waals surface area contributed by atoms with E-state index in [1.165, 1.54) is 31.4 Å². The van der Waals surface area contributed by atoms with Gasteiger partial charge in [0.1, 0.15) is 5.75 Å². The summed E-state index contributed by atoms with van der Waals surface area (Å²) in [5.74, 6) is 0.395. The number of hydrogen-bond donors (Lipinski definition) is 2. The minimum atomic E-state index is -3.62. The Bertz CT molecular complexity index is 818. The molecule has 7 nitrogen and oxygen atoms in total.